The maximum Gasteiger partial charge on any atom is 0.227 e. The third kappa shape index (κ3) is 7.33. The first kappa shape index (κ1) is 23.8. The summed E-state index contributed by atoms with van der Waals surface area (Å²) in [7, 11) is 0. The second-order valence-electron chi connectivity index (χ2n) is 7.16. The molecule has 0 atom stereocenters. The summed E-state index contributed by atoms with van der Waals surface area (Å²) in [5.41, 5.74) is 0.253. The Labute approximate surface area is 173 Å². The van der Waals surface area contributed by atoms with Crippen LogP contribution in [0.25, 0.3) is 5.32 Å². The average Bonchev–Trinajstić information content (AvgIpc) is 2.56. The molecule has 2 saturated heterocycles. The minimum Gasteiger partial charge on any atom is -0.661 e. The standard InChI is InChI=1S/C12H21N2O.C6H5.C2H6.Y/c1-11(2,3)10(15)14-6-4-12(5-7-14)8-13-9-12;1-2-4-6-5-3-1;1-2;/h4-9H2,1-3H3;1-5H;1-2H3;/q2*-1;;. The van der Waals surface area contributed by atoms with E-state index in [0.29, 0.717) is 11.3 Å². The summed E-state index contributed by atoms with van der Waals surface area (Å²) in [5, 5.41) is 4.31. The van der Waals surface area contributed by atoms with Gasteiger partial charge in [0.2, 0.25) is 5.91 Å². The number of hydrogen-bond donors (Lipinski definition) is 0. The van der Waals surface area contributed by atoms with E-state index in [-0.39, 0.29) is 38.1 Å². The van der Waals surface area contributed by atoms with Gasteiger partial charge in [0.25, 0.3) is 0 Å². The van der Waals surface area contributed by atoms with Crippen LogP contribution in [0.1, 0.15) is 47.5 Å². The Morgan fingerprint density at radius 2 is 1.54 bits per heavy atom. The third-order valence-electron chi connectivity index (χ3n) is 4.25. The number of likely N-dealkylation sites (tertiary alicyclic amines) is 1. The zero-order chi connectivity index (χ0) is 17.3. The van der Waals surface area contributed by atoms with Gasteiger partial charge in [-0.2, -0.15) is 36.4 Å². The van der Waals surface area contributed by atoms with Crippen molar-refractivity contribution in [3.8, 4) is 0 Å². The van der Waals surface area contributed by atoms with Gasteiger partial charge in [0.05, 0.1) is 0 Å². The number of nitrogens with zero attached hydrogens (tertiary/aromatic N) is 2. The number of carbonyl (C=O) groups excluding carboxylic acids is 1. The van der Waals surface area contributed by atoms with Gasteiger partial charge in [0.1, 0.15) is 0 Å². The fourth-order valence-electron chi connectivity index (χ4n) is 2.74. The second-order valence-corrected chi connectivity index (χ2v) is 7.16. The number of piperidine rings is 1. The predicted molar refractivity (Wildman–Crippen MR) is 97.4 cm³/mol. The van der Waals surface area contributed by atoms with E-state index in [0.717, 1.165) is 39.0 Å². The fourth-order valence-corrected chi connectivity index (χ4v) is 2.74. The molecular formula is C20H32N2OY-2. The van der Waals surface area contributed by atoms with Crippen LogP contribution in [0.15, 0.2) is 30.3 Å². The summed E-state index contributed by atoms with van der Waals surface area (Å²) < 4.78 is 0. The van der Waals surface area contributed by atoms with E-state index in [4.69, 9.17) is 0 Å². The van der Waals surface area contributed by atoms with Crippen LogP contribution < -0.4 is 0 Å². The molecule has 2 fully saturated rings. The minimum absolute atomic E-state index is 0. The SMILES string of the molecule is CC.CC(C)(C)C(=O)N1CCC2(CC1)C[N-]C2.[Y].[c-]1ccccc1. The van der Waals surface area contributed by atoms with Crippen LogP contribution in [0, 0.1) is 16.9 Å². The Balaban J connectivity index is 0.000000496. The predicted octanol–water partition coefficient (Wildman–Crippen LogP) is 4.54. The van der Waals surface area contributed by atoms with Gasteiger partial charge in [0.15, 0.2) is 0 Å². The maximum absolute atomic E-state index is 12.0. The van der Waals surface area contributed by atoms with Gasteiger partial charge in [-0.3, -0.25) is 4.79 Å². The molecule has 2 heterocycles. The Hall–Kier alpha value is -0.246. The van der Waals surface area contributed by atoms with Crippen LogP contribution in [0.4, 0.5) is 0 Å². The van der Waals surface area contributed by atoms with E-state index in [9.17, 15) is 4.79 Å². The molecule has 133 valence electrons. The van der Waals surface area contributed by atoms with E-state index in [1.165, 1.54) is 0 Å². The van der Waals surface area contributed by atoms with E-state index in [1.807, 2.05) is 69.9 Å². The number of benzene rings is 1. The third-order valence-corrected chi connectivity index (χ3v) is 4.25. The molecule has 1 amide bonds. The molecule has 1 aromatic rings. The van der Waals surface area contributed by atoms with Crippen molar-refractivity contribution < 1.29 is 37.5 Å². The number of rotatable bonds is 0. The second kappa shape index (κ2) is 11.4. The summed E-state index contributed by atoms with van der Waals surface area (Å²) >= 11 is 0. The van der Waals surface area contributed by atoms with Crippen LogP contribution in [-0.4, -0.2) is 37.0 Å². The van der Waals surface area contributed by atoms with Gasteiger partial charge < -0.3 is 10.2 Å². The molecule has 3 rings (SSSR count). The smallest absolute Gasteiger partial charge is 0.227 e. The van der Waals surface area contributed by atoms with Crippen molar-refractivity contribution >= 4 is 5.91 Å². The number of carbonyl (C=O) groups is 1. The van der Waals surface area contributed by atoms with Gasteiger partial charge in [0, 0.05) is 51.2 Å². The van der Waals surface area contributed by atoms with Crippen molar-refractivity contribution in [2.24, 2.45) is 10.8 Å². The van der Waals surface area contributed by atoms with Crippen LogP contribution >= 0.6 is 0 Å². The van der Waals surface area contributed by atoms with Crippen molar-refractivity contribution in [1.29, 1.82) is 0 Å². The summed E-state index contributed by atoms with van der Waals surface area (Å²) in [4.78, 5) is 14.1. The molecule has 0 N–H and O–H groups in total. The average molecular weight is 405 g/mol. The molecule has 0 saturated carbocycles. The zero-order valence-corrected chi connectivity index (χ0v) is 18.8. The normalized spacial score (nSPS) is 18.0. The molecule has 0 aliphatic carbocycles. The van der Waals surface area contributed by atoms with Gasteiger partial charge >= 0.3 is 0 Å². The summed E-state index contributed by atoms with van der Waals surface area (Å²) in [6.07, 6.45) is 2.30. The molecule has 24 heavy (non-hydrogen) atoms. The van der Waals surface area contributed by atoms with Gasteiger partial charge in [-0.1, -0.05) is 40.0 Å². The van der Waals surface area contributed by atoms with Crippen molar-refractivity contribution in [2.45, 2.75) is 47.5 Å². The summed E-state index contributed by atoms with van der Waals surface area (Å²) in [6, 6.07) is 12.5. The Kier molecular flexibility index (Phi) is 11.3. The molecule has 1 aromatic carbocycles. The van der Waals surface area contributed by atoms with Crippen molar-refractivity contribution in [2.75, 3.05) is 26.2 Å². The molecule has 4 heteroatoms. The minimum atomic E-state index is -0.228. The Morgan fingerprint density at radius 1 is 1.04 bits per heavy atom. The van der Waals surface area contributed by atoms with Gasteiger partial charge in [-0.15, -0.1) is 13.1 Å². The molecule has 1 spiro atoms. The van der Waals surface area contributed by atoms with Crippen LogP contribution in [0.5, 0.6) is 0 Å². The maximum atomic E-state index is 12.0. The quantitative estimate of drug-likeness (QED) is 0.584. The largest absolute Gasteiger partial charge is 0.661 e. The molecular weight excluding hydrogens is 373 g/mol. The molecule has 3 nitrogen and oxygen atoms in total. The topological polar surface area (TPSA) is 34.4 Å². The molecule has 0 unspecified atom stereocenters. The number of amides is 1. The zero-order valence-electron chi connectivity index (χ0n) is 16.0. The van der Waals surface area contributed by atoms with E-state index < -0.39 is 0 Å². The van der Waals surface area contributed by atoms with Gasteiger partial charge in [-0.25, -0.2) is 0 Å². The molecule has 0 aromatic heterocycles. The first-order valence-corrected chi connectivity index (χ1v) is 8.77. The van der Waals surface area contributed by atoms with Crippen LogP contribution in [-0.2, 0) is 37.5 Å². The van der Waals surface area contributed by atoms with E-state index >= 15 is 0 Å². The first-order chi connectivity index (χ1) is 10.9. The molecule has 0 bridgehead atoms. The van der Waals surface area contributed by atoms with Crippen molar-refractivity contribution in [3.05, 3.63) is 41.7 Å². The first-order valence-electron chi connectivity index (χ1n) is 8.77. The molecule has 2 aliphatic heterocycles. The molecule has 1 radical (unpaired) electrons. The fraction of sp³-hybridized carbons (Fsp3) is 0.650. The van der Waals surface area contributed by atoms with E-state index in [2.05, 4.69) is 11.4 Å². The summed E-state index contributed by atoms with van der Waals surface area (Å²) in [5.74, 6) is 0.300. The number of hydrogen-bond acceptors (Lipinski definition) is 1. The Morgan fingerprint density at radius 3 is 1.79 bits per heavy atom. The van der Waals surface area contributed by atoms with Crippen LogP contribution in [0.3, 0.4) is 0 Å². The summed E-state index contributed by atoms with van der Waals surface area (Å²) in [6.45, 7) is 13.9. The van der Waals surface area contributed by atoms with Crippen molar-refractivity contribution in [1.82, 2.24) is 4.90 Å². The Bertz CT molecular complexity index is 416. The van der Waals surface area contributed by atoms with E-state index in [1.54, 1.807) is 0 Å². The van der Waals surface area contributed by atoms with Gasteiger partial charge in [-0.05, 0) is 12.8 Å². The molecule has 2 aliphatic rings. The van der Waals surface area contributed by atoms with Crippen molar-refractivity contribution in [3.63, 3.8) is 0 Å². The monoisotopic (exact) mass is 405 g/mol. The van der Waals surface area contributed by atoms with Crippen LogP contribution in [0.2, 0.25) is 0 Å².